The SMILES string of the molecule is COc1cc(C)c(C(=O)NCc2nc(-c3ccccc3Cl)no2)cc1C(C)C. The number of methoxy groups -OCH3 is 1. The fraction of sp³-hybridized carbons (Fsp3) is 0.286. The molecule has 1 amide bonds. The highest BCUT2D eigenvalue weighted by Crippen LogP contribution is 2.29. The third kappa shape index (κ3) is 4.17. The minimum absolute atomic E-state index is 0.124. The van der Waals surface area contributed by atoms with Gasteiger partial charge in [0, 0.05) is 11.1 Å². The second-order valence-electron chi connectivity index (χ2n) is 6.74. The molecule has 1 aromatic heterocycles. The van der Waals surface area contributed by atoms with E-state index in [1.807, 2.05) is 37.3 Å². The van der Waals surface area contributed by atoms with Gasteiger partial charge in [-0.05, 0) is 48.2 Å². The Morgan fingerprint density at radius 3 is 2.71 bits per heavy atom. The first-order chi connectivity index (χ1) is 13.4. The average molecular weight is 400 g/mol. The maximum absolute atomic E-state index is 12.7. The molecule has 3 aromatic rings. The van der Waals surface area contributed by atoms with Gasteiger partial charge in [-0.3, -0.25) is 4.79 Å². The van der Waals surface area contributed by atoms with E-state index in [4.69, 9.17) is 20.9 Å². The molecule has 0 aliphatic heterocycles. The zero-order valence-electron chi connectivity index (χ0n) is 16.2. The molecule has 6 nitrogen and oxygen atoms in total. The Morgan fingerprint density at radius 1 is 1.29 bits per heavy atom. The average Bonchev–Trinajstić information content (AvgIpc) is 3.14. The molecule has 3 rings (SSSR count). The zero-order chi connectivity index (χ0) is 20.3. The van der Waals surface area contributed by atoms with E-state index in [9.17, 15) is 4.79 Å². The van der Waals surface area contributed by atoms with Gasteiger partial charge in [-0.25, -0.2) is 0 Å². The Hall–Kier alpha value is -2.86. The number of ether oxygens (including phenoxy) is 1. The molecule has 0 fully saturated rings. The molecule has 1 heterocycles. The Labute approximate surface area is 168 Å². The minimum atomic E-state index is -0.209. The van der Waals surface area contributed by atoms with Crippen LogP contribution >= 0.6 is 11.6 Å². The summed E-state index contributed by atoms with van der Waals surface area (Å²) in [6.07, 6.45) is 0. The Morgan fingerprint density at radius 2 is 2.04 bits per heavy atom. The third-order valence-corrected chi connectivity index (χ3v) is 4.76. The zero-order valence-corrected chi connectivity index (χ0v) is 17.0. The first-order valence-corrected chi connectivity index (χ1v) is 9.32. The summed E-state index contributed by atoms with van der Waals surface area (Å²) in [5.41, 5.74) is 3.09. The summed E-state index contributed by atoms with van der Waals surface area (Å²) in [6.45, 7) is 6.12. The van der Waals surface area contributed by atoms with Crippen LogP contribution in [0.4, 0.5) is 0 Å². The smallest absolute Gasteiger partial charge is 0.251 e. The Balaban J connectivity index is 1.75. The van der Waals surface area contributed by atoms with Crippen molar-refractivity contribution >= 4 is 17.5 Å². The summed E-state index contributed by atoms with van der Waals surface area (Å²) >= 11 is 6.16. The van der Waals surface area contributed by atoms with Crippen LogP contribution in [0.15, 0.2) is 40.9 Å². The molecule has 0 radical (unpaired) electrons. The molecule has 0 bridgehead atoms. The minimum Gasteiger partial charge on any atom is -0.496 e. The van der Waals surface area contributed by atoms with Crippen LogP contribution in [0.1, 0.15) is 47.1 Å². The molecule has 0 aliphatic rings. The lowest BCUT2D eigenvalue weighted by molar-refractivity contribution is 0.0945. The van der Waals surface area contributed by atoms with Gasteiger partial charge >= 0.3 is 0 Å². The number of hydrogen-bond donors (Lipinski definition) is 1. The summed E-state index contributed by atoms with van der Waals surface area (Å²) in [4.78, 5) is 17.0. The number of nitrogens with one attached hydrogen (secondary N) is 1. The van der Waals surface area contributed by atoms with E-state index in [1.165, 1.54) is 0 Å². The quantitative estimate of drug-likeness (QED) is 0.646. The predicted molar refractivity (Wildman–Crippen MR) is 108 cm³/mol. The lowest BCUT2D eigenvalue weighted by Crippen LogP contribution is -2.24. The molecule has 0 aliphatic carbocycles. The first kappa shape index (κ1) is 19.9. The van der Waals surface area contributed by atoms with Crippen LogP contribution in [0.25, 0.3) is 11.4 Å². The second-order valence-corrected chi connectivity index (χ2v) is 7.15. The van der Waals surface area contributed by atoms with Gasteiger partial charge < -0.3 is 14.6 Å². The molecule has 7 heteroatoms. The summed E-state index contributed by atoms with van der Waals surface area (Å²) in [5, 5.41) is 7.30. The normalized spacial score (nSPS) is 10.9. The summed E-state index contributed by atoms with van der Waals surface area (Å²) in [6, 6.07) is 11.0. The number of benzene rings is 2. The lowest BCUT2D eigenvalue weighted by Gasteiger charge is -2.15. The first-order valence-electron chi connectivity index (χ1n) is 8.95. The number of hydrogen-bond acceptors (Lipinski definition) is 5. The summed E-state index contributed by atoms with van der Waals surface area (Å²) in [7, 11) is 1.63. The number of amides is 1. The van der Waals surface area contributed by atoms with Gasteiger partial charge in [-0.1, -0.05) is 42.7 Å². The standard InChI is InChI=1S/C21H22ClN3O3/c1-12(2)15-10-16(13(3)9-18(15)27-4)21(26)23-11-19-24-20(25-28-19)14-7-5-6-8-17(14)22/h5-10,12H,11H2,1-4H3,(H,23,26). The summed E-state index contributed by atoms with van der Waals surface area (Å²) in [5.74, 6) is 1.50. The van der Waals surface area contributed by atoms with Gasteiger partial charge in [-0.15, -0.1) is 0 Å². The fourth-order valence-electron chi connectivity index (χ4n) is 2.90. The van der Waals surface area contributed by atoms with Crippen molar-refractivity contribution in [3.63, 3.8) is 0 Å². The molecule has 146 valence electrons. The number of halogens is 1. The van der Waals surface area contributed by atoms with Crippen molar-refractivity contribution in [2.45, 2.75) is 33.2 Å². The predicted octanol–water partition coefficient (Wildman–Crippen LogP) is 4.76. The highest BCUT2D eigenvalue weighted by molar-refractivity contribution is 6.33. The highest BCUT2D eigenvalue weighted by atomic mass is 35.5. The molecule has 0 spiro atoms. The second kappa shape index (κ2) is 8.44. The van der Waals surface area contributed by atoms with Gasteiger partial charge in [-0.2, -0.15) is 4.98 Å². The van der Waals surface area contributed by atoms with Gasteiger partial charge in [0.15, 0.2) is 0 Å². The van der Waals surface area contributed by atoms with Gasteiger partial charge in [0.1, 0.15) is 5.75 Å². The van der Waals surface area contributed by atoms with E-state index in [1.54, 1.807) is 13.2 Å². The molecule has 2 aromatic carbocycles. The van der Waals surface area contributed by atoms with Crippen LogP contribution in [0.5, 0.6) is 5.75 Å². The van der Waals surface area contributed by atoms with Gasteiger partial charge in [0.2, 0.25) is 11.7 Å². The largest absolute Gasteiger partial charge is 0.496 e. The molecule has 0 saturated heterocycles. The van der Waals surface area contributed by atoms with Crippen LogP contribution in [-0.4, -0.2) is 23.2 Å². The molecule has 0 unspecified atom stereocenters. The molecule has 1 N–H and O–H groups in total. The van der Waals surface area contributed by atoms with Crippen molar-refractivity contribution in [1.29, 1.82) is 0 Å². The molecular weight excluding hydrogens is 378 g/mol. The van der Waals surface area contributed by atoms with Crippen molar-refractivity contribution in [3.8, 4) is 17.1 Å². The van der Waals surface area contributed by atoms with Crippen LogP contribution < -0.4 is 10.1 Å². The van der Waals surface area contributed by atoms with E-state index in [0.29, 0.717) is 27.9 Å². The Bertz CT molecular complexity index is 998. The molecule has 0 atom stereocenters. The molecule has 28 heavy (non-hydrogen) atoms. The third-order valence-electron chi connectivity index (χ3n) is 4.43. The van der Waals surface area contributed by atoms with Crippen molar-refractivity contribution in [1.82, 2.24) is 15.5 Å². The number of aryl methyl sites for hydroxylation is 1. The number of carbonyl (C=O) groups excluding carboxylic acids is 1. The highest BCUT2D eigenvalue weighted by Gasteiger charge is 2.17. The monoisotopic (exact) mass is 399 g/mol. The van der Waals surface area contributed by atoms with Gasteiger partial charge in [0.25, 0.3) is 5.91 Å². The van der Waals surface area contributed by atoms with E-state index in [2.05, 4.69) is 29.3 Å². The van der Waals surface area contributed by atoms with Gasteiger partial charge in [0.05, 0.1) is 18.7 Å². The molecule has 0 saturated carbocycles. The van der Waals surface area contributed by atoms with E-state index >= 15 is 0 Å². The fourth-order valence-corrected chi connectivity index (χ4v) is 3.12. The van der Waals surface area contributed by atoms with Crippen molar-refractivity contribution in [2.24, 2.45) is 0 Å². The van der Waals surface area contributed by atoms with Crippen molar-refractivity contribution in [3.05, 3.63) is 64.0 Å². The number of aromatic nitrogens is 2. The lowest BCUT2D eigenvalue weighted by atomic mass is 9.96. The Kier molecular flexibility index (Phi) is 5.99. The van der Waals surface area contributed by atoms with E-state index < -0.39 is 0 Å². The summed E-state index contributed by atoms with van der Waals surface area (Å²) < 4.78 is 10.7. The van der Waals surface area contributed by atoms with Crippen molar-refractivity contribution in [2.75, 3.05) is 7.11 Å². The maximum Gasteiger partial charge on any atom is 0.251 e. The van der Waals surface area contributed by atoms with Crippen molar-refractivity contribution < 1.29 is 14.1 Å². The molecular formula is C21H22ClN3O3. The van der Waals surface area contributed by atoms with E-state index in [0.717, 1.165) is 16.9 Å². The number of carbonyl (C=O) groups is 1. The topological polar surface area (TPSA) is 77.2 Å². The van der Waals surface area contributed by atoms with Crippen LogP contribution in [0.3, 0.4) is 0 Å². The van der Waals surface area contributed by atoms with E-state index in [-0.39, 0.29) is 18.4 Å². The van der Waals surface area contributed by atoms with Crippen LogP contribution in [-0.2, 0) is 6.54 Å². The number of rotatable bonds is 6. The number of nitrogens with zero attached hydrogens (tertiary/aromatic N) is 2. The van der Waals surface area contributed by atoms with Crippen LogP contribution in [0, 0.1) is 6.92 Å². The maximum atomic E-state index is 12.7. The van der Waals surface area contributed by atoms with Crippen LogP contribution in [0.2, 0.25) is 5.02 Å².